The molecule has 0 saturated carbocycles. The highest BCUT2D eigenvalue weighted by Crippen LogP contribution is 2.46. The Bertz CT molecular complexity index is 1090. The van der Waals surface area contributed by atoms with Crippen molar-refractivity contribution in [2.24, 2.45) is 5.92 Å². The number of carbonyl (C=O) groups is 2. The molecule has 4 rings (SSSR count). The molecule has 0 unspecified atom stereocenters. The van der Waals surface area contributed by atoms with Gasteiger partial charge < -0.3 is 25.3 Å². The van der Waals surface area contributed by atoms with E-state index >= 15 is 0 Å². The Morgan fingerprint density at radius 1 is 1.24 bits per heavy atom. The third-order valence-corrected chi connectivity index (χ3v) is 6.76. The first-order valence-corrected chi connectivity index (χ1v) is 11.9. The number of carbonyl (C=O) groups excluding carboxylic acids is 2. The number of amides is 2. The van der Waals surface area contributed by atoms with Crippen LogP contribution in [0.25, 0.3) is 0 Å². The molecule has 2 aromatic carbocycles. The van der Waals surface area contributed by atoms with Crippen molar-refractivity contribution in [1.82, 2.24) is 5.32 Å². The number of rotatable bonds is 7. The Kier molecular flexibility index (Phi) is 6.99. The van der Waals surface area contributed by atoms with E-state index in [1.165, 1.54) is 0 Å². The Labute approximate surface area is 201 Å². The van der Waals surface area contributed by atoms with E-state index in [-0.39, 0.29) is 25.0 Å². The molecule has 174 valence electrons. The van der Waals surface area contributed by atoms with Gasteiger partial charge in [0.25, 0.3) is 5.91 Å². The van der Waals surface area contributed by atoms with Crippen molar-refractivity contribution < 1.29 is 19.8 Å². The summed E-state index contributed by atoms with van der Waals surface area (Å²) < 4.78 is 0.778. The van der Waals surface area contributed by atoms with E-state index in [0.717, 1.165) is 22.3 Å². The van der Waals surface area contributed by atoms with Crippen LogP contribution in [-0.2, 0) is 21.7 Å². The number of nitrogens with zero attached hydrogens (tertiary/aromatic N) is 2. The Morgan fingerprint density at radius 2 is 2.06 bits per heavy atom. The van der Waals surface area contributed by atoms with Crippen molar-refractivity contribution in [3.05, 3.63) is 70.2 Å². The molecule has 3 N–H and O–H groups in total. The molecule has 2 heterocycles. The monoisotopic (exact) mass is 513 g/mol. The minimum atomic E-state index is -1.71. The number of nitrogens with one attached hydrogen (secondary N) is 1. The van der Waals surface area contributed by atoms with Gasteiger partial charge >= 0.3 is 0 Å². The molecule has 0 aromatic heterocycles. The molecule has 2 aliphatic rings. The number of anilines is 2. The molecule has 2 amide bonds. The van der Waals surface area contributed by atoms with Crippen LogP contribution in [-0.4, -0.2) is 48.3 Å². The number of fused-ring (bicyclic) bond motifs is 1. The molecule has 2 atom stereocenters. The van der Waals surface area contributed by atoms with Crippen molar-refractivity contribution in [2.45, 2.75) is 25.5 Å². The fourth-order valence-electron chi connectivity index (χ4n) is 4.48. The van der Waals surface area contributed by atoms with Gasteiger partial charge in [-0.3, -0.25) is 9.59 Å². The fraction of sp³-hybridized carbons (Fsp3) is 0.360. The second kappa shape index (κ2) is 9.77. The lowest BCUT2D eigenvalue weighted by Crippen LogP contribution is -2.48. The lowest BCUT2D eigenvalue weighted by molar-refractivity contribution is -0.139. The molecule has 2 aromatic rings. The maximum atomic E-state index is 13.6. The van der Waals surface area contributed by atoms with Gasteiger partial charge in [0.05, 0.1) is 18.8 Å². The van der Waals surface area contributed by atoms with E-state index in [2.05, 4.69) is 21.2 Å². The van der Waals surface area contributed by atoms with Crippen molar-refractivity contribution >= 4 is 39.1 Å². The topological polar surface area (TPSA) is 93.1 Å². The average Bonchev–Trinajstić information content (AvgIpc) is 3.02. The third kappa shape index (κ3) is 4.48. The quantitative estimate of drug-likeness (QED) is 0.495. The van der Waals surface area contributed by atoms with E-state index in [4.69, 9.17) is 5.11 Å². The normalized spacial score (nSPS) is 21.7. The number of halogens is 1. The Hall–Kier alpha value is -2.52. The minimum absolute atomic E-state index is 0.00970. The summed E-state index contributed by atoms with van der Waals surface area (Å²) in [6.45, 7) is 3.73. The third-order valence-electron chi connectivity index (χ3n) is 6.26. The molecular weight excluding hydrogens is 486 g/mol. The van der Waals surface area contributed by atoms with Gasteiger partial charge in [-0.25, -0.2) is 0 Å². The van der Waals surface area contributed by atoms with Crippen molar-refractivity contribution in [3.63, 3.8) is 0 Å². The Balaban J connectivity index is 1.66. The van der Waals surface area contributed by atoms with Gasteiger partial charge in [-0.2, -0.15) is 0 Å². The Morgan fingerprint density at radius 3 is 2.82 bits per heavy atom. The van der Waals surface area contributed by atoms with Crippen molar-refractivity contribution in [2.75, 3.05) is 36.0 Å². The zero-order valence-corrected chi connectivity index (χ0v) is 20.1. The summed E-state index contributed by atoms with van der Waals surface area (Å²) in [7, 11) is 0. The van der Waals surface area contributed by atoms with Gasteiger partial charge in [0.15, 0.2) is 5.60 Å². The largest absolute Gasteiger partial charge is 0.396 e. The maximum absolute atomic E-state index is 13.6. The summed E-state index contributed by atoms with van der Waals surface area (Å²) >= 11 is 3.46. The molecular formula is C25H28BrN3O4. The number of hydrogen-bond acceptors (Lipinski definition) is 5. The molecule has 1 fully saturated rings. The van der Waals surface area contributed by atoms with Crippen LogP contribution < -0.4 is 15.1 Å². The summed E-state index contributed by atoms with van der Waals surface area (Å²) in [5.41, 5.74) is 1.18. The maximum Gasteiger partial charge on any atom is 0.264 e. The van der Waals surface area contributed by atoms with E-state index in [1.54, 1.807) is 34.9 Å². The second-order valence-corrected chi connectivity index (χ2v) is 9.36. The predicted molar refractivity (Wildman–Crippen MR) is 131 cm³/mol. The number of aliphatic hydroxyl groups excluding tert-OH is 1. The summed E-state index contributed by atoms with van der Waals surface area (Å²) in [5.74, 6) is -0.858. The van der Waals surface area contributed by atoms with Crippen LogP contribution in [0.3, 0.4) is 0 Å². The molecule has 0 bridgehead atoms. The molecule has 0 spiro atoms. The lowest BCUT2D eigenvalue weighted by atomic mass is 9.83. The minimum Gasteiger partial charge on any atom is -0.396 e. The highest BCUT2D eigenvalue weighted by Gasteiger charge is 2.52. The standard InChI is InChI=1S/C25H28BrN3O4/c1-17(5-2-3-12-30)25(33)21-14-19(26)8-9-22(21)29(24(25)32)16-18-6-4-7-20(13-18)28-11-10-27-15-23(28)31/h2,4-9,13-14,17,27,30,33H,3,10-12,15-16H2,1H3/b5-2+/t17-,25+/m1/s1. The van der Waals surface area contributed by atoms with Gasteiger partial charge in [-0.1, -0.05) is 47.1 Å². The van der Waals surface area contributed by atoms with E-state index < -0.39 is 11.5 Å². The summed E-state index contributed by atoms with van der Waals surface area (Å²) in [6.07, 6.45) is 4.02. The average molecular weight is 514 g/mol. The first-order chi connectivity index (χ1) is 15.9. The summed E-state index contributed by atoms with van der Waals surface area (Å²) in [6, 6.07) is 13.1. The highest BCUT2D eigenvalue weighted by molar-refractivity contribution is 9.10. The second-order valence-electron chi connectivity index (χ2n) is 8.44. The van der Waals surface area contributed by atoms with Crippen LogP contribution in [0.2, 0.25) is 0 Å². The van der Waals surface area contributed by atoms with E-state index in [0.29, 0.717) is 30.8 Å². The van der Waals surface area contributed by atoms with E-state index in [9.17, 15) is 14.7 Å². The van der Waals surface area contributed by atoms with Crippen molar-refractivity contribution in [3.8, 4) is 0 Å². The summed E-state index contributed by atoms with van der Waals surface area (Å²) in [4.78, 5) is 29.3. The first kappa shape index (κ1) is 23.6. The van der Waals surface area contributed by atoms with Gasteiger partial charge in [0, 0.05) is 41.3 Å². The van der Waals surface area contributed by atoms with Crippen LogP contribution in [0, 0.1) is 5.92 Å². The molecule has 1 saturated heterocycles. The van der Waals surface area contributed by atoms with Crippen LogP contribution in [0.1, 0.15) is 24.5 Å². The van der Waals surface area contributed by atoms with Crippen LogP contribution in [0.5, 0.6) is 0 Å². The first-order valence-electron chi connectivity index (χ1n) is 11.1. The smallest absolute Gasteiger partial charge is 0.264 e. The zero-order chi connectivity index (χ0) is 23.6. The lowest BCUT2D eigenvalue weighted by Gasteiger charge is -2.29. The molecule has 2 aliphatic heterocycles. The molecule has 8 heteroatoms. The van der Waals surface area contributed by atoms with E-state index in [1.807, 2.05) is 36.4 Å². The molecule has 33 heavy (non-hydrogen) atoms. The number of piperazine rings is 1. The van der Waals surface area contributed by atoms with Crippen LogP contribution in [0.15, 0.2) is 59.1 Å². The highest BCUT2D eigenvalue weighted by atomic mass is 79.9. The van der Waals surface area contributed by atoms with Gasteiger partial charge in [0.2, 0.25) is 5.91 Å². The number of aliphatic hydroxyl groups is 2. The fourth-order valence-corrected chi connectivity index (χ4v) is 4.84. The SMILES string of the molecule is C[C@H](/C=C/CCO)[C@@]1(O)C(=O)N(Cc2cccc(N3CCNCC3=O)c2)c2ccc(Br)cc21. The summed E-state index contributed by atoms with van der Waals surface area (Å²) in [5, 5.41) is 23.8. The molecule has 0 aliphatic carbocycles. The van der Waals surface area contributed by atoms with Crippen molar-refractivity contribution in [1.29, 1.82) is 0 Å². The van der Waals surface area contributed by atoms with Crippen LogP contribution in [0.4, 0.5) is 11.4 Å². The predicted octanol–water partition coefficient (Wildman–Crippen LogP) is 2.69. The zero-order valence-electron chi connectivity index (χ0n) is 18.5. The van der Waals surface area contributed by atoms with Gasteiger partial charge in [-0.15, -0.1) is 0 Å². The van der Waals surface area contributed by atoms with Gasteiger partial charge in [0.1, 0.15) is 0 Å². The number of benzene rings is 2. The van der Waals surface area contributed by atoms with Gasteiger partial charge in [-0.05, 0) is 42.3 Å². The number of hydrogen-bond donors (Lipinski definition) is 3. The molecule has 7 nitrogen and oxygen atoms in total. The molecule has 0 radical (unpaired) electrons. The van der Waals surface area contributed by atoms with Crippen LogP contribution >= 0.6 is 15.9 Å².